The second kappa shape index (κ2) is 12.7. The first-order valence-electron chi connectivity index (χ1n) is 12.7. The molecule has 0 radical (unpaired) electrons. The smallest absolute Gasteiger partial charge is 0.368 e. The molecule has 2 aromatic rings. The van der Waals surface area contributed by atoms with Gasteiger partial charge in [0.1, 0.15) is 12.0 Å². The number of unbranched alkanes of at least 4 members (excludes halogenated alkanes) is 2. The molecule has 1 aliphatic rings. The van der Waals surface area contributed by atoms with Gasteiger partial charge >= 0.3 is 5.97 Å². The second-order valence-electron chi connectivity index (χ2n) is 9.54. The fourth-order valence-electron chi connectivity index (χ4n) is 5.16. The molecular weight excluding hydrogens is 513 g/mol. The number of hydrogen-bond acceptors (Lipinski definition) is 6. The van der Waals surface area contributed by atoms with Crippen LogP contribution in [0.2, 0.25) is 0 Å². The molecule has 0 fully saturated rings. The number of benzene rings is 2. The minimum Gasteiger partial charge on any atom is -0.476 e. The fourth-order valence-corrected chi connectivity index (χ4v) is 7.59. The third kappa shape index (κ3) is 6.34. The molecule has 0 aromatic heterocycles. The molecule has 0 bridgehead atoms. The first kappa shape index (κ1) is 29.5. The molecule has 3 N–H and O–H groups in total. The Morgan fingerprint density at radius 1 is 1.19 bits per heavy atom. The van der Waals surface area contributed by atoms with Gasteiger partial charge in [-0.25, -0.2) is 4.79 Å². The van der Waals surface area contributed by atoms with Crippen LogP contribution in [0.3, 0.4) is 0 Å². The van der Waals surface area contributed by atoms with Crippen LogP contribution >= 0.6 is 22.5 Å². The fraction of sp³-hybridized carbons (Fsp3) is 0.464. The van der Waals surface area contributed by atoms with Gasteiger partial charge in [0.05, 0.1) is 9.79 Å². The van der Waals surface area contributed by atoms with Gasteiger partial charge in [0.15, 0.2) is 0 Å². The standard InChI is InChI=1S/C28H38FNO5S2/c1-5-7-14-28(15-8-6-2)18-22(20-12-10-9-11-13-20)21-16-25(36-4)24(35-19-23(29)27(31)32)17-26(21)37(33,34)30(28)3/h9-13,16-17,19,22,33-34H,5-8,14-15,18H2,1-4H3,(H,31,32)/b23-19-. The lowest BCUT2D eigenvalue weighted by molar-refractivity contribution is -0.134. The summed E-state index contributed by atoms with van der Waals surface area (Å²) in [6, 6.07) is 13.5. The molecule has 1 aliphatic heterocycles. The van der Waals surface area contributed by atoms with Crippen molar-refractivity contribution < 1.29 is 28.1 Å². The highest BCUT2D eigenvalue weighted by Gasteiger charge is 2.47. The third-order valence-corrected chi connectivity index (χ3v) is 10.1. The van der Waals surface area contributed by atoms with Crippen LogP contribution in [0.5, 0.6) is 5.75 Å². The van der Waals surface area contributed by atoms with Crippen molar-refractivity contribution in [3.05, 3.63) is 65.7 Å². The Labute approximate surface area is 225 Å². The highest BCUT2D eigenvalue weighted by atomic mass is 32.3. The molecular formula is C28H38FNO5S2. The van der Waals surface area contributed by atoms with E-state index in [1.54, 1.807) is 17.4 Å². The van der Waals surface area contributed by atoms with E-state index in [0.717, 1.165) is 56.1 Å². The zero-order valence-electron chi connectivity index (χ0n) is 21.9. The van der Waals surface area contributed by atoms with Crippen LogP contribution in [0.25, 0.3) is 0 Å². The van der Waals surface area contributed by atoms with Gasteiger partial charge in [0.2, 0.25) is 5.83 Å². The predicted octanol–water partition coefficient (Wildman–Crippen LogP) is 8.29. The van der Waals surface area contributed by atoms with Crippen molar-refractivity contribution in [3.8, 4) is 5.75 Å². The topological polar surface area (TPSA) is 90.2 Å². The Kier molecular flexibility index (Phi) is 10.1. The van der Waals surface area contributed by atoms with Crippen LogP contribution in [0.15, 0.2) is 64.3 Å². The summed E-state index contributed by atoms with van der Waals surface area (Å²) < 4.78 is 44.6. The van der Waals surface area contributed by atoms with Crippen molar-refractivity contribution in [2.45, 2.75) is 80.0 Å². The Morgan fingerprint density at radius 2 is 1.81 bits per heavy atom. The van der Waals surface area contributed by atoms with Crippen LogP contribution in [0, 0.1) is 0 Å². The lowest BCUT2D eigenvalue weighted by Gasteiger charge is -2.51. The number of carbonyl (C=O) groups is 1. The summed E-state index contributed by atoms with van der Waals surface area (Å²) in [7, 11) is -1.66. The number of ether oxygens (including phenoxy) is 1. The normalized spacial score (nSPS) is 20.1. The van der Waals surface area contributed by atoms with E-state index in [-0.39, 0.29) is 11.7 Å². The summed E-state index contributed by atoms with van der Waals surface area (Å²) in [6.45, 7) is 4.29. The highest BCUT2D eigenvalue weighted by Crippen LogP contribution is 2.63. The van der Waals surface area contributed by atoms with Gasteiger partial charge in [0.25, 0.3) is 0 Å². The molecule has 1 unspecified atom stereocenters. The van der Waals surface area contributed by atoms with Crippen LogP contribution in [0.1, 0.15) is 75.8 Å². The first-order chi connectivity index (χ1) is 17.6. The molecule has 0 saturated heterocycles. The molecule has 0 spiro atoms. The second-order valence-corrected chi connectivity index (χ2v) is 12.4. The van der Waals surface area contributed by atoms with Crippen molar-refractivity contribution in [3.63, 3.8) is 0 Å². The van der Waals surface area contributed by atoms with Crippen molar-refractivity contribution >= 4 is 28.5 Å². The number of carboxylic acids is 1. The number of rotatable bonds is 11. The van der Waals surface area contributed by atoms with E-state index in [9.17, 15) is 18.3 Å². The zero-order chi connectivity index (χ0) is 27.2. The zero-order valence-corrected chi connectivity index (χ0v) is 23.6. The SMILES string of the molecule is CCCCC1(CCCC)CC(c2ccccc2)c2cc(SC)c(O/C=C(\F)C(=O)O)cc2S(O)(O)N1C. The van der Waals surface area contributed by atoms with Crippen molar-refractivity contribution in [2.75, 3.05) is 13.3 Å². The molecule has 0 saturated carbocycles. The van der Waals surface area contributed by atoms with E-state index < -0.39 is 28.1 Å². The third-order valence-electron chi connectivity index (χ3n) is 7.29. The van der Waals surface area contributed by atoms with E-state index in [1.165, 1.54) is 11.8 Å². The van der Waals surface area contributed by atoms with E-state index in [1.807, 2.05) is 30.5 Å². The quantitative estimate of drug-likeness (QED) is 0.147. The molecule has 6 nitrogen and oxygen atoms in total. The largest absolute Gasteiger partial charge is 0.476 e. The summed E-state index contributed by atoms with van der Waals surface area (Å²) in [5, 5.41) is 8.88. The number of halogens is 1. The van der Waals surface area contributed by atoms with Crippen LogP contribution in [-0.2, 0) is 4.79 Å². The maximum atomic E-state index is 13.7. The lowest BCUT2D eigenvalue weighted by Crippen LogP contribution is -2.47. The van der Waals surface area contributed by atoms with Gasteiger partial charge in [-0.2, -0.15) is 8.70 Å². The molecule has 0 aliphatic carbocycles. The number of carboxylic acid groups (broad SMARTS) is 1. The van der Waals surface area contributed by atoms with Gasteiger partial charge in [-0.3, -0.25) is 9.11 Å². The first-order valence-corrected chi connectivity index (χ1v) is 15.4. The van der Waals surface area contributed by atoms with Gasteiger partial charge in [-0.05, 0) is 42.7 Å². The van der Waals surface area contributed by atoms with E-state index in [4.69, 9.17) is 9.84 Å². The molecule has 37 heavy (non-hydrogen) atoms. The van der Waals surface area contributed by atoms with Crippen molar-refractivity contribution in [1.29, 1.82) is 0 Å². The maximum absolute atomic E-state index is 13.7. The highest BCUT2D eigenvalue weighted by molar-refractivity contribution is 8.22. The van der Waals surface area contributed by atoms with Crippen LogP contribution in [-0.4, -0.2) is 43.3 Å². The Bertz CT molecular complexity index is 1100. The van der Waals surface area contributed by atoms with Gasteiger partial charge in [-0.1, -0.05) is 69.9 Å². The van der Waals surface area contributed by atoms with Crippen LogP contribution < -0.4 is 4.74 Å². The van der Waals surface area contributed by atoms with Crippen LogP contribution in [0.4, 0.5) is 4.39 Å². The number of aliphatic carboxylic acids is 1. The van der Waals surface area contributed by atoms with E-state index in [0.29, 0.717) is 16.1 Å². The average Bonchev–Trinajstić information content (AvgIpc) is 2.97. The Balaban J connectivity index is 2.28. The molecule has 1 heterocycles. The Hall–Kier alpha value is -2.04. The summed E-state index contributed by atoms with van der Waals surface area (Å²) in [6.07, 6.45) is 8.69. The molecule has 1 atom stereocenters. The summed E-state index contributed by atoms with van der Waals surface area (Å²) in [5.74, 6) is -3.10. The lowest BCUT2D eigenvalue weighted by atomic mass is 9.75. The van der Waals surface area contributed by atoms with Crippen molar-refractivity contribution in [2.24, 2.45) is 0 Å². The average molecular weight is 552 g/mol. The molecule has 204 valence electrons. The predicted molar refractivity (Wildman–Crippen MR) is 149 cm³/mol. The Morgan fingerprint density at radius 3 is 2.35 bits per heavy atom. The molecule has 0 amide bonds. The molecule has 9 heteroatoms. The minimum absolute atomic E-state index is 0.104. The number of thioether (sulfide) groups is 1. The van der Waals surface area contributed by atoms with E-state index in [2.05, 4.69) is 26.0 Å². The molecule has 2 aromatic carbocycles. The van der Waals surface area contributed by atoms with Gasteiger partial charge < -0.3 is 9.84 Å². The molecule has 3 rings (SSSR count). The number of nitrogens with zero attached hydrogens (tertiary/aromatic N) is 1. The number of fused-ring (bicyclic) bond motifs is 1. The summed E-state index contributed by atoms with van der Waals surface area (Å²) in [5.41, 5.74) is 1.44. The monoisotopic (exact) mass is 551 g/mol. The summed E-state index contributed by atoms with van der Waals surface area (Å²) in [4.78, 5) is 11.9. The van der Waals surface area contributed by atoms with E-state index >= 15 is 0 Å². The summed E-state index contributed by atoms with van der Waals surface area (Å²) >= 11 is 1.37. The van der Waals surface area contributed by atoms with Crippen molar-refractivity contribution in [1.82, 2.24) is 4.31 Å². The maximum Gasteiger partial charge on any atom is 0.368 e. The van der Waals surface area contributed by atoms with Gasteiger partial charge in [0, 0.05) is 24.6 Å². The minimum atomic E-state index is -3.46. The number of hydrogen-bond donors (Lipinski definition) is 3. The van der Waals surface area contributed by atoms with Gasteiger partial charge in [-0.15, -0.1) is 22.5 Å².